The number of ether oxygens (including phenoxy) is 2. The monoisotopic (exact) mass is 407 g/mol. The average molecular weight is 407 g/mol. The summed E-state index contributed by atoms with van der Waals surface area (Å²) in [4.78, 5) is 16.0. The van der Waals surface area contributed by atoms with Gasteiger partial charge in [0, 0.05) is 37.9 Å². The summed E-state index contributed by atoms with van der Waals surface area (Å²) in [6.07, 6.45) is 0. The van der Waals surface area contributed by atoms with Gasteiger partial charge in [0.1, 0.15) is 11.5 Å². The zero-order chi connectivity index (χ0) is 20.8. The van der Waals surface area contributed by atoms with Crippen LogP contribution in [0.15, 0.2) is 48.5 Å². The molecule has 9 nitrogen and oxygen atoms in total. The number of piperazine rings is 1. The molecule has 30 heavy (non-hydrogen) atoms. The number of para-hydroxylation sites is 1. The number of nitrogens with zero attached hydrogens (tertiary/aromatic N) is 4. The Kier molecular flexibility index (Phi) is 6.09. The van der Waals surface area contributed by atoms with E-state index < -0.39 is 0 Å². The van der Waals surface area contributed by atoms with E-state index in [4.69, 9.17) is 9.47 Å². The van der Waals surface area contributed by atoms with E-state index in [1.807, 2.05) is 48.5 Å². The molecule has 1 saturated heterocycles. The molecule has 9 heteroatoms. The van der Waals surface area contributed by atoms with Crippen molar-refractivity contribution < 1.29 is 9.47 Å². The van der Waals surface area contributed by atoms with E-state index >= 15 is 0 Å². The summed E-state index contributed by atoms with van der Waals surface area (Å²) in [5, 5.41) is 9.86. The summed E-state index contributed by atoms with van der Waals surface area (Å²) >= 11 is 0. The molecule has 0 spiro atoms. The maximum atomic E-state index is 5.47. The molecule has 2 heterocycles. The first-order valence-corrected chi connectivity index (χ1v) is 9.78. The molecule has 1 aliphatic rings. The zero-order valence-corrected chi connectivity index (χ0v) is 17.1. The van der Waals surface area contributed by atoms with Crippen LogP contribution in [-0.4, -0.2) is 55.4 Å². The molecule has 1 fully saturated rings. The second-order valence-corrected chi connectivity index (χ2v) is 6.70. The van der Waals surface area contributed by atoms with Gasteiger partial charge in [0.15, 0.2) is 0 Å². The molecule has 0 radical (unpaired) electrons. The molecular formula is C21H25N7O2. The van der Waals surface area contributed by atoms with E-state index in [0.29, 0.717) is 35.0 Å². The fourth-order valence-corrected chi connectivity index (χ4v) is 3.17. The maximum absolute atomic E-state index is 5.47. The Morgan fingerprint density at radius 3 is 2.30 bits per heavy atom. The molecule has 0 bridgehead atoms. The normalized spacial score (nSPS) is 13.6. The predicted octanol–water partition coefficient (Wildman–Crippen LogP) is 2.79. The molecule has 0 saturated carbocycles. The summed E-state index contributed by atoms with van der Waals surface area (Å²) in [6, 6.07) is 15.3. The van der Waals surface area contributed by atoms with Crippen molar-refractivity contribution in [3.63, 3.8) is 0 Å². The van der Waals surface area contributed by atoms with E-state index in [9.17, 15) is 0 Å². The SMILES string of the molecule is COc1ccc(OC)c(Nc2nc(Nc3ccccc3)nc(N3CCNCC3)n2)c1. The van der Waals surface area contributed by atoms with Crippen molar-refractivity contribution in [1.29, 1.82) is 0 Å². The van der Waals surface area contributed by atoms with Crippen LogP contribution in [0.5, 0.6) is 11.5 Å². The molecule has 4 rings (SSSR count). The fourth-order valence-electron chi connectivity index (χ4n) is 3.17. The van der Waals surface area contributed by atoms with Gasteiger partial charge in [-0.2, -0.15) is 15.0 Å². The summed E-state index contributed by atoms with van der Waals surface area (Å²) in [5.41, 5.74) is 1.61. The number of benzene rings is 2. The topological polar surface area (TPSA) is 96.5 Å². The number of aromatic nitrogens is 3. The van der Waals surface area contributed by atoms with Gasteiger partial charge in [-0.05, 0) is 24.3 Å². The third kappa shape index (κ3) is 4.69. The van der Waals surface area contributed by atoms with Crippen LogP contribution in [0.3, 0.4) is 0 Å². The maximum Gasteiger partial charge on any atom is 0.233 e. The van der Waals surface area contributed by atoms with Crippen molar-refractivity contribution in [1.82, 2.24) is 20.3 Å². The van der Waals surface area contributed by atoms with Gasteiger partial charge in [-0.3, -0.25) is 0 Å². The predicted molar refractivity (Wildman–Crippen MR) is 117 cm³/mol. The average Bonchev–Trinajstić information content (AvgIpc) is 2.80. The summed E-state index contributed by atoms with van der Waals surface area (Å²) in [7, 11) is 3.24. The van der Waals surface area contributed by atoms with Crippen molar-refractivity contribution in [2.45, 2.75) is 0 Å². The Hall–Kier alpha value is -3.59. The number of rotatable bonds is 7. The summed E-state index contributed by atoms with van der Waals surface area (Å²) in [6.45, 7) is 3.44. The Labute approximate surface area is 175 Å². The molecule has 1 aromatic heterocycles. The van der Waals surface area contributed by atoms with Gasteiger partial charge in [0.2, 0.25) is 17.8 Å². The standard InChI is InChI=1S/C21H25N7O2/c1-29-16-8-9-18(30-2)17(14-16)24-20-25-19(23-15-6-4-3-5-7-15)26-21(27-20)28-12-10-22-11-13-28/h3-9,14,22H,10-13H2,1-2H3,(H2,23,24,25,26,27). The third-order valence-corrected chi connectivity index (χ3v) is 4.71. The van der Waals surface area contributed by atoms with E-state index in [1.54, 1.807) is 14.2 Å². The van der Waals surface area contributed by atoms with Crippen LogP contribution in [0.4, 0.5) is 29.2 Å². The molecule has 0 atom stereocenters. The second-order valence-electron chi connectivity index (χ2n) is 6.70. The van der Waals surface area contributed by atoms with Crippen LogP contribution in [0.25, 0.3) is 0 Å². The molecule has 3 aromatic rings. The minimum atomic E-state index is 0.420. The van der Waals surface area contributed by atoms with Crippen molar-refractivity contribution >= 4 is 29.2 Å². The molecule has 3 N–H and O–H groups in total. The van der Waals surface area contributed by atoms with Crippen LogP contribution >= 0.6 is 0 Å². The minimum absolute atomic E-state index is 0.420. The first kappa shape index (κ1) is 19.7. The first-order chi connectivity index (χ1) is 14.7. The lowest BCUT2D eigenvalue weighted by Gasteiger charge is -2.27. The Balaban J connectivity index is 1.68. The lowest BCUT2D eigenvalue weighted by molar-refractivity contribution is 0.405. The Bertz CT molecular complexity index is 978. The second kappa shape index (κ2) is 9.27. The highest BCUT2D eigenvalue weighted by Crippen LogP contribution is 2.31. The van der Waals surface area contributed by atoms with Gasteiger partial charge in [-0.1, -0.05) is 18.2 Å². The van der Waals surface area contributed by atoms with Crippen LogP contribution in [0.2, 0.25) is 0 Å². The molecule has 0 unspecified atom stereocenters. The number of anilines is 5. The molecule has 2 aromatic carbocycles. The van der Waals surface area contributed by atoms with E-state index in [1.165, 1.54) is 0 Å². The number of hydrogen-bond donors (Lipinski definition) is 3. The number of methoxy groups -OCH3 is 2. The van der Waals surface area contributed by atoms with Gasteiger partial charge in [0.05, 0.1) is 19.9 Å². The van der Waals surface area contributed by atoms with Gasteiger partial charge < -0.3 is 30.3 Å². The van der Waals surface area contributed by atoms with Crippen LogP contribution in [0, 0.1) is 0 Å². The van der Waals surface area contributed by atoms with Gasteiger partial charge >= 0.3 is 0 Å². The zero-order valence-electron chi connectivity index (χ0n) is 17.1. The summed E-state index contributed by atoms with van der Waals surface area (Å²) in [5.74, 6) is 2.88. The number of nitrogens with one attached hydrogen (secondary N) is 3. The Morgan fingerprint density at radius 2 is 1.60 bits per heavy atom. The third-order valence-electron chi connectivity index (χ3n) is 4.71. The van der Waals surface area contributed by atoms with Crippen LogP contribution < -0.4 is 30.3 Å². The smallest absolute Gasteiger partial charge is 0.233 e. The summed E-state index contributed by atoms with van der Waals surface area (Å²) < 4.78 is 10.8. The lowest BCUT2D eigenvalue weighted by atomic mass is 10.2. The van der Waals surface area contributed by atoms with Crippen molar-refractivity contribution in [2.75, 3.05) is 55.9 Å². The van der Waals surface area contributed by atoms with Crippen LogP contribution in [-0.2, 0) is 0 Å². The molecule has 156 valence electrons. The van der Waals surface area contributed by atoms with E-state index in [2.05, 4.69) is 35.8 Å². The van der Waals surface area contributed by atoms with Crippen molar-refractivity contribution in [3.8, 4) is 11.5 Å². The highest BCUT2D eigenvalue weighted by Gasteiger charge is 2.17. The van der Waals surface area contributed by atoms with Gasteiger partial charge in [0.25, 0.3) is 0 Å². The highest BCUT2D eigenvalue weighted by atomic mass is 16.5. The lowest BCUT2D eigenvalue weighted by Crippen LogP contribution is -2.44. The van der Waals surface area contributed by atoms with Crippen LogP contribution in [0.1, 0.15) is 0 Å². The first-order valence-electron chi connectivity index (χ1n) is 9.78. The molecule has 0 aliphatic carbocycles. The molecule has 1 aliphatic heterocycles. The minimum Gasteiger partial charge on any atom is -0.497 e. The largest absolute Gasteiger partial charge is 0.497 e. The van der Waals surface area contributed by atoms with Crippen molar-refractivity contribution in [2.24, 2.45) is 0 Å². The fraction of sp³-hybridized carbons (Fsp3) is 0.286. The van der Waals surface area contributed by atoms with Crippen molar-refractivity contribution in [3.05, 3.63) is 48.5 Å². The molecule has 0 amide bonds. The quantitative estimate of drug-likeness (QED) is 0.546. The van der Waals surface area contributed by atoms with Gasteiger partial charge in [-0.25, -0.2) is 0 Å². The highest BCUT2D eigenvalue weighted by molar-refractivity contribution is 5.66. The Morgan fingerprint density at radius 1 is 0.867 bits per heavy atom. The number of hydrogen-bond acceptors (Lipinski definition) is 9. The van der Waals surface area contributed by atoms with Gasteiger partial charge in [-0.15, -0.1) is 0 Å². The van der Waals surface area contributed by atoms with E-state index in [-0.39, 0.29) is 0 Å². The molecular weight excluding hydrogens is 382 g/mol. The van der Waals surface area contributed by atoms with E-state index in [0.717, 1.165) is 31.9 Å².